The second-order valence-corrected chi connectivity index (χ2v) is 4.90. The molecule has 2 rings (SSSR count). The zero-order chi connectivity index (χ0) is 13.8. The summed E-state index contributed by atoms with van der Waals surface area (Å²) in [5.74, 6) is 0.316. The Morgan fingerprint density at radius 2 is 2.37 bits per heavy atom. The maximum Gasteiger partial charge on any atom is 0.357 e. The van der Waals surface area contributed by atoms with Crippen molar-refractivity contribution in [1.82, 2.24) is 14.5 Å². The van der Waals surface area contributed by atoms with Crippen LogP contribution in [0.4, 0.5) is 0 Å². The lowest BCUT2D eigenvalue weighted by Crippen LogP contribution is -2.04. The Balaban J connectivity index is 2.12. The van der Waals surface area contributed by atoms with Gasteiger partial charge in [-0.05, 0) is 19.1 Å². The van der Waals surface area contributed by atoms with E-state index in [1.807, 2.05) is 7.05 Å². The predicted molar refractivity (Wildman–Crippen MR) is 75.2 cm³/mol. The van der Waals surface area contributed by atoms with Gasteiger partial charge < -0.3 is 9.30 Å². The van der Waals surface area contributed by atoms with E-state index in [0.29, 0.717) is 22.5 Å². The number of aromatic nitrogens is 3. The molecule has 0 aliphatic heterocycles. The molecule has 100 valence electrons. The molecule has 0 saturated carbocycles. The fourth-order valence-corrected chi connectivity index (χ4v) is 2.18. The number of esters is 1. The molecular weight excluding hydrogens is 286 g/mol. The molecule has 0 fully saturated rings. The molecule has 0 atom stereocenters. The number of rotatable bonds is 4. The van der Waals surface area contributed by atoms with Crippen molar-refractivity contribution in [1.29, 1.82) is 0 Å². The molecule has 0 aliphatic carbocycles. The minimum Gasteiger partial charge on any atom is -0.461 e. The first kappa shape index (κ1) is 13.8. The van der Waals surface area contributed by atoms with Gasteiger partial charge in [0.2, 0.25) is 0 Å². The highest BCUT2D eigenvalue weighted by molar-refractivity contribution is 7.10. The van der Waals surface area contributed by atoms with E-state index in [1.54, 1.807) is 35.2 Å². The van der Waals surface area contributed by atoms with E-state index in [4.69, 9.17) is 16.3 Å². The molecular formula is C12H12ClN3O2S. The maximum absolute atomic E-state index is 11.5. The third kappa shape index (κ3) is 3.21. The van der Waals surface area contributed by atoms with E-state index in [2.05, 4.69) is 9.97 Å². The Hall–Kier alpha value is -1.66. The number of hydrogen-bond acceptors (Lipinski definition) is 5. The predicted octanol–water partition coefficient (Wildman–Crippen LogP) is 2.88. The summed E-state index contributed by atoms with van der Waals surface area (Å²) in [6, 6.07) is 0. The molecule has 0 bridgehead atoms. The number of nitrogens with zero attached hydrogens (tertiary/aromatic N) is 3. The minimum absolute atomic E-state index is 0.323. The van der Waals surface area contributed by atoms with Crippen LogP contribution in [0.2, 0.25) is 5.15 Å². The van der Waals surface area contributed by atoms with Gasteiger partial charge in [-0.25, -0.2) is 14.8 Å². The Morgan fingerprint density at radius 1 is 1.58 bits per heavy atom. The van der Waals surface area contributed by atoms with Gasteiger partial charge in [0.05, 0.1) is 12.8 Å². The highest BCUT2D eigenvalue weighted by Gasteiger charge is 2.10. The zero-order valence-electron chi connectivity index (χ0n) is 10.5. The molecule has 0 aromatic carbocycles. The fraction of sp³-hybridized carbons (Fsp3) is 0.250. The van der Waals surface area contributed by atoms with Crippen LogP contribution < -0.4 is 0 Å². The SMILES string of the molecule is CCOC(=O)c1csc(/C=C/c2ncc(Cl)n2C)n1. The molecule has 2 aromatic rings. The highest BCUT2D eigenvalue weighted by Crippen LogP contribution is 2.15. The molecule has 2 aromatic heterocycles. The molecule has 0 radical (unpaired) electrons. The van der Waals surface area contributed by atoms with Crippen molar-refractivity contribution in [3.05, 3.63) is 33.3 Å². The van der Waals surface area contributed by atoms with Gasteiger partial charge in [0.25, 0.3) is 0 Å². The number of hydrogen-bond donors (Lipinski definition) is 0. The van der Waals surface area contributed by atoms with Crippen molar-refractivity contribution < 1.29 is 9.53 Å². The first-order chi connectivity index (χ1) is 9.11. The average Bonchev–Trinajstić information content (AvgIpc) is 2.97. The number of halogens is 1. The number of thiazole rings is 1. The third-order valence-electron chi connectivity index (χ3n) is 2.35. The van der Waals surface area contributed by atoms with Crippen LogP contribution in [0.3, 0.4) is 0 Å². The summed E-state index contributed by atoms with van der Waals surface area (Å²) in [6.45, 7) is 2.10. The van der Waals surface area contributed by atoms with Crippen LogP contribution in [0.15, 0.2) is 11.6 Å². The summed E-state index contributed by atoms with van der Waals surface area (Å²) in [6.07, 6.45) is 5.15. The Labute approximate surface area is 119 Å². The second kappa shape index (κ2) is 5.99. The van der Waals surface area contributed by atoms with Gasteiger partial charge in [0.15, 0.2) is 5.69 Å². The number of ether oxygens (including phenoxy) is 1. The fourth-order valence-electron chi connectivity index (χ4n) is 1.37. The van der Waals surface area contributed by atoms with Crippen LogP contribution >= 0.6 is 22.9 Å². The van der Waals surface area contributed by atoms with Crippen molar-refractivity contribution >= 4 is 41.1 Å². The quantitative estimate of drug-likeness (QED) is 0.814. The molecule has 5 nitrogen and oxygen atoms in total. The minimum atomic E-state index is -0.404. The Morgan fingerprint density at radius 3 is 3.00 bits per heavy atom. The van der Waals surface area contributed by atoms with Crippen molar-refractivity contribution in [2.75, 3.05) is 6.61 Å². The van der Waals surface area contributed by atoms with Crippen LogP contribution in [-0.4, -0.2) is 27.1 Å². The molecule has 0 aliphatic rings. The third-order valence-corrected chi connectivity index (χ3v) is 3.51. The normalized spacial score (nSPS) is 11.1. The molecule has 7 heteroatoms. The van der Waals surface area contributed by atoms with Gasteiger partial charge in [0, 0.05) is 12.4 Å². The van der Waals surface area contributed by atoms with Crippen molar-refractivity contribution in [3.8, 4) is 0 Å². The smallest absolute Gasteiger partial charge is 0.357 e. The summed E-state index contributed by atoms with van der Waals surface area (Å²) in [7, 11) is 1.82. The summed E-state index contributed by atoms with van der Waals surface area (Å²) >= 11 is 7.25. The zero-order valence-corrected chi connectivity index (χ0v) is 12.0. The van der Waals surface area contributed by atoms with Gasteiger partial charge in [0.1, 0.15) is 16.0 Å². The summed E-state index contributed by atoms with van der Waals surface area (Å²) in [5.41, 5.74) is 0.323. The molecule has 19 heavy (non-hydrogen) atoms. The van der Waals surface area contributed by atoms with Crippen molar-refractivity contribution in [2.45, 2.75) is 6.92 Å². The Kier molecular flexibility index (Phi) is 4.34. The topological polar surface area (TPSA) is 57.0 Å². The lowest BCUT2D eigenvalue weighted by Gasteiger charge is -1.96. The standard InChI is InChI=1S/C12H12ClN3O2S/c1-3-18-12(17)8-7-19-11(15-8)5-4-10-14-6-9(13)16(10)2/h4-7H,3H2,1-2H3/b5-4+. The van der Waals surface area contributed by atoms with E-state index in [-0.39, 0.29) is 0 Å². The van der Waals surface area contributed by atoms with Gasteiger partial charge in [-0.2, -0.15) is 0 Å². The van der Waals surface area contributed by atoms with E-state index in [1.165, 1.54) is 11.3 Å². The van der Waals surface area contributed by atoms with Crippen LogP contribution in [0.1, 0.15) is 28.2 Å². The lowest BCUT2D eigenvalue weighted by molar-refractivity contribution is 0.0520. The van der Waals surface area contributed by atoms with Gasteiger partial charge in [-0.3, -0.25) is 0 Å². The second-order valence-electron chi connectivity index (χ2n) is 3.62. The largest absolute Gasteiger partial charge is 0.461 e. The van der Waals surface area contributed by atoms with Gasteiger partial charge >= 0.3 is 5.97 Å². The summed E-state index contributed by atoms with van der Waals surface area (Å²) in [4.78, 5) is 19.8. The lowest BCUT2D eigenvalue weighted by atomic mass is 10.4. The van der Waals surface area contributed by atoms with Crippen molar-refractivity contribution in [3.63, 3.8) is 0 Å². The maximum atomic E-state index is 11.5. The van der Waals surface area contributed by atoms with Crippen molar-refractivity contribution in [2.24, 2.45) is 7.05 Å². The summed E-state index contributed by atoms with van der Waals surface area (Å²) in [5, 5.41) is 2.94. The molecule has 0 amide bonds. The number of carbonyl (C=O) groups excluding carboxylic acids is 1. The van der Waals surface area contributed by atoms with E-state index < -0.39 is 5.97 Å². The first-order valence-corrected chi connectivity index (χ1v) is 6.85. The van der Waals surface area contributed by atoms with Crippen LogP contribution in [-0.2, 0) is 11.8 Å². The molecule has 0 saturated heterocycles. The average molecular weight is 298 g/mol. The molecule has 0 N–H and O–H groups in total. The van der Waals surface area contributed by atoms with E-state index in [0.717, 1.165) is 5.82 Å². The molecule has 0 unspecified atom stereocenters. The van der Waals surface area contributed by atoms with Crippen LogP contribution in [0.5, 0.6) is 0 Å². The van der Waals surface area contributed by atoms with E-state index in [9.17, 15) is 4.79 Å². The molecule has 2 heterocycles. The van der Waals surface area contributed by atoms with Crippen LogP contribution in [0.25, 0.3) is 12.2 Å². The van der Waals surface area contributed by atoms with Gasteiger partial charge in [-0.1, -0.05) is 11.6 Å². The number of imidazole rings is 1. The van der Waals surface area contributed by atoms with E-state index >= 15 is 0 Å². The number of carbonyl (C=O) groups is 1. The Bertz CT molecular complexity index is 618. The first-order valence-electron chi connectivity index (χ1n) is 5.59. The summed E-state index contributed by atoms with van der Waals surface area (Å²) < 4.78 is 6.62. The van der Waals surface area contributed by atoms with Gasteiger partial charge in [-0.15, -0.1) is 11.3 Å². The molecule has 0 spiro atoms. The highest BCUT2D eigenvalue weighted by atomic mass is 35.5. The van der Waals surface area contributed by atoms with Crippen LogP contribution in [0, 0.1) is 0 Å². The monoisotopic (exact) mass is 297 g/mol.